The van der Waals surface area contributed by atoms with Crippen molar-refractivity contribution in [1.29, 1.82) is 0 Å². The topological polar surface area (TPSA) is 25.8 Å². The maximum absolute atomic E-state index is 4.87. The van der Waals surface area contributed by atoms with Gasteiger partial charge in [0.25, 0.3) is 0 Å². The zero-order valence-corrected chi connectivity index (χ0v) is 34.3. The maximum Gasteiger partial charge on any atom is 0.0702 e. The van der Waals surface area contributed by atoms with Crippen molar-refractivity contribution in [2.24, 2.45) is 0 Å². The zero-order chi connectivity index (χ0) is 40.5. The Bertz CT molecular complexity index is 3220. The smallest absolute Gasteiger partial charge is 0.0702 e. The van der Waals surface area contributed by atoms with Crippen molar-refractivity contribution in [2.45, 2.75) is 12.3 Å². The summed E-state index contributed by atoms with van der Waals surface area (Å²) < 4.78 is 2.62. The SMILES string of the molecule is C1=CCC(c2ccc(-c3ccc(-c4cc(-c5ccc(-c6ccc(-c7ccccc7)nc6)cc5)cc(-c5cccc6c5sc5c(-c7ccccc7)cccc56)c4)cc3)cn2)C=C1. The number of nitrogens with zero attached hydrogens (tertiary/aromatic N) is 2. The number of fused-ring (bicyclic) bond motifs is 3. The summed E-state index contributed by atoms with van der Waals surface area (Å²) in [5.74, 6) is 0.340. The Kier molecular flexibility index (Phi) is 9.57. The predicted octanol–water partition coefficient (Wildman–Crippen LogP) is 16.1. The molecule has 0 bridgehead atoms. The molecule has 3 aromatic heterocycles. The number of allylic oxidation sites excluding steroid dienone is 4. The molecule has 0 saturated carbocycles. The van der Waals surface area contributed by atoms with Gasteiger partial charge in [-0.1, -0.05) is 182 Å². The van der Waals surface area contributed by atoms with E-state index in [9.17, 15) is 0 Å². The fourth-order valence-electron chi connectivity index (χ4n) is 8.66. The largest absolute Gasteiger partial charge is 0.260 e. The Morgan fingerprint density at radius 2 is 0.885 bits per heavy atom. The van der Waals surface area contributed by atoms with Crippen LogP contribution in [0.5, 0.6) is 0 Å². The molecule has 0 amide bonds. The van der Waals surface area contributed by atoms with E-state index in [1.165, 1.54) is 64.7 Å². The van der Waals surface area contributed by atoms with Crippen LogP contribution in [0.2, 0.25) is 0 Å². The molecule has 0 saturated heterocycles. The molecule has 0 radical (unpaired) electrons. The summed E-state index contributed by atoms with van der Waals surface area (Å²) in [5.41, 5.74) is 17.4. The molecule has 288 valence electrons. The van der Waals surface area contributed by atoms with E-state index in [1.807, 2.05) is 29.8 Å². The molecule has 3 heteroatoms. The van der Waals surface area contributed by atoms with Crippen LogP contribution in [0.1, 0.15) is 18.0 Å². The predicted molar refractivity (Wildman–Crippen MR) is 259 cm³/mol. The zero-order valence-electron chi connectivity index (χ0n) is 33.4. The Morgan fingerprint density at radius 3 is 1.41 bits per heavy atom. The summed E-state index contributed by atoms with van der Waals surface area (Å²) >= 11 is 1.90. The van der Waals surface area contributed by atoms with E-state index in [0.717, 1.165) is 45.6 Å². The number of hydrogen-bond donors (Lipinski definition) is 0. The van der Waals surface area contributed by atoms with Gasteiger partial charge in [-0.3, -0.25) is 9.97 Å². The van der Waals surface area contributed by atoms with Crippen molar-refractivity contribution in [3.05, 3.63) is 230 Å². The van der Waals surface area contributed by atoms with Crippen molar-refractivity contribution >= 4 is 31.5 Å². The second kappa shape index (κ2) is 16.0. The Balaban J connectivity index is 0.985. The van der Waals surface area contributed by atoms with Crippen molar-refractivity contribution in [3.63, 3.8) is 0 Å². The summed E-state index contributed by atoms with van der Waals surface area (Å²) in [6, 6.07) is 68.2. The molecule has 2 nitrogen and oxygen atoms in total. The van der Waals surface area contributed by atoms with Crippen LogP contribution in [0.15, 0.2) is 225 Å². The van der Waals surface area contributed by atoms with Crippen LogP contribution in [0.25, 0.3) is 98.2 Å². The quantitative estimate of drug-likeness (QED) is 0.153. The lowest BCUT2D eigenvalue weighted by molar-refractivity contribution is 0.816. The molecule has 0 spiro atoms. The second-order valence-corrected chi connectivity index (χ2v) is 16.7. The van der Waals surface area contributed by atoms with Crippen LogP contribution in [-0.2, 0) is 0 Å². The summed E-state index contributed by atoms with van der Waals surface area (Å²) in [6.45, 7) is 0. The molecule has 0 fully saturated rings. The van der Waals surface area contributed by atoms with Gasteiger partial charge in [-0.2, -0.15) is 0 Å². The lowest BCUT2D eigenvalue weighted by Crippen LogP contribution is -1.99. The first-order valence-electron chi connectivity index (χ1n) is 20.9. The molecule has 1 atom stereocenters. The van der Waals surface area contributed by atoms with Gasteiger partial charge >= 0.3 is 0 Å². The first-order chi connectivity index (χ1) is 30.2. The summed E-state index contributed by atoms with van der Waals surface area (Å²) in [7, 11) is 0. The molecular formula is C58H40N2S. The number of aromatic nitrogens is 2. The molecular weight excluding hydrogens is 757 g/mol. The Hall–Kier alpha value is -7.46. The Morgan fingerprint density at radius 1 is 0.377 bits per heavy atom. The highest BCUT2D eigenvalue weighted by atomic mass is 32.1. The summed E-state index contributed by atoms with van der Waals surface area (Å²) in [5, 5.41) is 2.59. The lowest BCUT2D eigenvalue weighted by atomic mass is 9.91. The number of thiophene rings is 1. The van der Waals surface area contributed by atoms with Crippen molar-refractivity contribution in [3.8, 4) is 78.0 Å². The molecule has 1 unspecified atom stereocenters. The normalized spacial score (nSPS) is 13.5. The first-order valence-corrected chi connectivity index (χ1v) is 21.7. The molecule has 7 aromatic carbocycles. The van der Waals surface area contributed by atoms with Gasteiger partial charge in [0.15, 0.2) is 0 Å². The first kappa shape index (κ1) is 36.6. The third-order valence-corrected chi connectivity index (χ3v) is 13.2. The van der Waals surface area contributed by atoms with Crippen LogP contribution in [0.4, 0.5) is 0 Å². The molecule has 11 rings (SSSR count). The van der Waals surface area contributed by atoms with Gasteiger partial charge < -0.3 is 0 Å². The summed E-state index contributed by atoms with van der Waals surface area (Å²) in [6.07, 6.45) is 13.7. The van der Waals surface area contributed by atoms with E-state index in [2.05, 4.69) is 206 Å². The monoisotopic (exact) mass is 796 g/mol. The fraction of sp³-hybridized carbons (Fsp3) is 0.0345. The van der Waals surface area contributed by atoms with E-state index in [4.69, 9.17) is 9.97 Å². The minimum absolute atomic E-state index is 0.340. The van der Waals surface area contributed by atoms with E-state index >= 15 is 0 Å². The van der Waals surface area contributed by atoms with Gasteiger partial charge in [0, 0.05) is 60.9 Å². The number of hydrogen-bond acceptors (Lipinski definition) is 3. The highest BCUT2D eigenvalue weighted by Gasteiger charge is 2.16. The Labute approximate surface area is 360 Å². The molecule has 61 heavy (non-hydrogen) atoms. The molecule has 10 aromatic rings. The van der Waals surface area contributed by atoms with E-state index in [1.54, 1.807) is 0 Å². The van der Waals surface area contributed by atoms with E-state index in [0.29, 0.717) is 5.92 Å². The third-order valence-electron chi connectivity index (χ3n) is 11.9. The van der Waals surface area contributed by atoms with Crippen LogP contribution in [0.3, 0.4) is 0 Å². The van der Waals surface area contributed by atoms with Gasteiger partial charge in [-0.05, 0) is 92.4 Å². The molecule has 0 N–H and O–H groups in total. The average Bonchev–Trinajstić information content (AvgIpc) is 3.74. The third kappa shape index (κ3) is 7.20. The summed E-state index contributed by atoms with van der Waals surface area (Å²) in [4.78, 5) is 9.67. The van der Waals surface area contributed by atoms with Crippen LogP contribution >= 0.6 is 11.3 Å². The van der Waals surface area contributed by atoms with E-state index in [-0.39, 0.29) is 0 Å². The number of benzene rings is 7. The molecule has 0 aliphatic heterocycles. The molecule has 1 aliphatic carbocycles. The highest BCUT2D eigenvalue weighted by Crippen LogP contribution is 2.45. The number of rotatable bonds is 8. The molecule has 3 heterocycles. The molecule has 1 aliphatic rings. The van der Waals surface area contributed by atoms with Crippen molar-refractivity contribution in [1.82, 2.24) is 9.97 Å². The van der Waals surface area contributed by atoms with Crippen LogP contribution in [0, 0.1) is 0 Å². The van der Waals surface area contributed by atoms with Gasteiger partial charge in [0.1, 0.15) is 0 Å². The second-order valence-electron chi connectivity index (χ2n) is 15.7. The lowest BCUT2D eigenvalue weighted by Gasteiger charge is -2.14. The van der Waals surface area contributed by atoms with Gasteiger partial charge in [0.05, 0.1) is 5.69 Å². The van der Waals surface area contributed by atoms with Crippen molar-refractivity contribution in [2.75, 3.05) is 0 Å². The fourth-order valence-corrected chi connectivity index (χ4v) is 10.0. The standard InChI is InChI=1S/C58H40N2S/c1-4-12-43(13-5-1)51-18-10-20-53-54-21-11-19-52(58(54)61-57(51)53)50-35-48(41-26-22-39(23-27-41)46-30-32-55(59-37-46)44-14-6-2-7-15-44)34-49(36-50)42-28-24-40(25-29-42)47-31-33-56(60-38-47)45-16-8-3-9-17-45/h1-16,18-38,45H,17H2. The average molecular weight is 797 g/mol. The van der Waals surface area contributed by atoms with Crippen LogP contribution < -0.4 is 0 Å². The number of pyridine rings is 2. The highest BCUT2D eigenvalue weighted by molar-refractivity contribution is 7.26. The van der Waals surface area contributed by atoms with Gasteiger partial charge in [-0.15, -0.1) is 11.3 Å². The van der Waals surface area contributed by atoms with Crippen molar-refractivity contribution < 1.29 is 0 Å². The van der Waals surface area contributed by atoms with Gasteiger partial charge in [-0.25, -0.2) is 0 Å². The van der Waals surface area contributed by atoms with Crippen LogP contribution in [-0.4, -0.2) is 9.97 Å². The minimum Gasteiger partial charge on any atom is -0.260 e. The maximum atomic E-state index is 4.87. The minimum atomic E-state index is 0.340. The van der Waals surface area contributed by atoms with Gasteiger partial charge in [0.2, 0.25) is 0 Å². The van der Waals surface area contributed by atoms with E-state index < -0.39 is 0 Å².